The van der Waals surface area contributed by atoms with Crippen LogP contribution in [0.3, 0.4) is 0 Å². The molecule has 0 aromatic rings. The van der Waals surface area contributed by atoms with Gasteiger partial charge >= 0.3 is 0 Å². The van der Waals surface area contributed by atoms with Gasteiger partial charge in [-0.1, -0.05) is 19.1 Å². The molecule has 0 spiro atoms. The Hall–Kier alpha value is -1.16. The molecule has 1 unspecified atom stereocenters. The lowest BCUT2D eigenvalue weighted by Gasteiger charge is -2.11. The predicted octanol–water partition coefficient (Wildman–Crippen LogP) is 0.299. The molecule has 1 heterocycles. The number of amides is 2. The monoisotopic (exact) mass is 196 g/mol. The Morgan fingerprint density at radius 3 is 2.71 bits per heavy atom. The van der Waals surface area contributed by atoms with Gasteiger partial charge in [0.05, 0.1) is 12.5 Å². The topological polar surface area (TPSA) is 49.4 Å². The van der Waals surface area contributed by atoms with Crippen molar-refractivity contribution in [3.8, 4) is 0 Å². The second kappa shape index (κ2) is 4.37. The van der Waals surface area contributed by atoms with Crippen molar-refractivity contribution < 1.29 is 9.59 Å². The van der Waals surface area contributed by atoms with Crippen LogP contribution in [0.15, 0.2) is 12.2 Å². The first-order chi connectivity index (χ1) is 6.56. The normalized spacial score (nSPS) is 21.9. The Bertz CT molecular complexity index is 273. The van der Waals surface area contributed by atoms with Gasteiger partial charge < -0.3 is 5.32 Å². The van der Waals surface area contributed by atoms with E-state index >= 15 is 0 Å². The van der Waals surface area contributed by atoms with Gasteiger partial charge in [-0.2, -0.15) is 0 Å². The fourth-order valence-corrected chi connectivity index (χ4v) is 1.31. The molecule has 0 aliphatic carbocycles. The number of likely N-dealkylation sites (N-methyl/N-ethyl adjacent to an activating group) is 1. The largest absolute Gasteiger partial charge is 0.302 e. The first-order valence-corrected chi connectivity index (χ1v) is 4.76. The molecule has 0 radical (unpaired) electrons. The highest BCUT2D eigenvalue weighted by molar-refractivity contribution is 6.05. The van der Waals surface area contributed by atoms with Gasteiger partial charge in [0.2, 0.25) is 11.8 Å². The van der Waals surface area contributed by atoms with Crippen molar-refractivity contribution in [2.45, 2.75) is 25.8 Å². The standard InChI is InChI=1S/C10H16N2O2/c1-4-7(2)6-11-8-5-9(13)12(3)10(8)14/h8,11H,2,4-6H2,1,3H3. The van der Waals surface area contributed by atoms with Gasteiger partial charge in [0, 0.05) is 13.6 Å². The highest BCUT2D eigenvalue weighted by atomic mass is 16.2. The SMILES string of the molecule is C=C(CC)CNC1CC(=O)N(C)C1=O. The van der Waals surface area contributed by atoms with Crippen LogP contribution in [-0.2, 0) is 9.59 Å². The quantitative estimate of drug-likeness (QED) is 0.519. The van der Waals surface area contributed by atoms with E-state index in [1.165, 1.54) is 11.9 Å². The lowest BCUT2D eigenvalue weighted by Crippen LogP contribution is -2.37. The third kappa shape index (κ3) is 2.20. The van der Waals surface area contributed by atoms with Crippen molar-refractivity contribution in [2.24, 2.45) is 0 Å². The average molecular weight is 196 g/mol. The Balaban J connectivity index is 2.44. The summed E-state index contributed by atoms with van der Waals surface area (Å²) in [5.41, 5.74) is 1.04. The van der Waals surface area contributed by atoms with Crippen LogP contribution in [0.2, 0.25) is 0 Å². The smallest absolute Gasteiger partial charge is 0.246 e. The van der Waals surface area contributed by atoms with E-state index in [1.807, 2.05) is 6.92 Å². The number of nitrogens with zero attached hydrogens (tertiary/aromatic N) is 1. The van der Waals surface area contributed by atoms with Gasteiger partial charge in [-0.15, -0.1) is 0 Å². The van der Waals surface area contributed by atoms with Gasteiger partial charge in [0.25, 0.3) is 0 Å². The molecule has 1 rings (SSSR count). The van der Waals surface area contributed by atoms with Crippen LogP contribution in [-0.4, -0.2) is 36.3 Å². The number of rotatable bonds is 4. The van der Waals surface area contributed by atoms with Gasteiger partial charge in [0.1, 0.15) is 0 Å². The average Bonchev–Trinajstić information content (AvgIpc) is 2.42. The van der Waals surface area contributed by atoms with Crippen molar-refractivity contribution in [3.63, 3.8) is 0 Å². The lowest BCUT2D eigenvalue weighted by molar-refractivity contribution is -0.137. The molecule has 14 heavy (non-hydrogen) atoms. The minimum absolute atomic E-state index is 0.116. The van der Waals surface area contributed by atoms with Gasteiger partial charge in [-0.3, -0.25) is 14.5 Å². The zero-order valence-corrected chi connectivity index (χ0v) is 8.67. The summed E-state index contributed by atoms with van der Waals surface area (Å²) in [6, 6.07) is -0.351. The van der Waals surface area contributed by atoms with E-state index in [0.29, 0.717) is 6.54 Å². The van der Waals surface area contributed by atoms with E-state index in [9.17, 15) is 9.59 Å². The summed E-state index contributed by atoms with van der Waals surface area (Å²) in [5.74, 6) is -0.256. The highest BCUT2D eigenvalue weighted by Crippen LogP contribution is 2.10. The number of carbonyl (C=O) groups is 2. The van der Waals surface area contributed by atoms with E-state index in [1.54, 1.807) is 0 Å². The summed E-state index contributed by atoms with van der Waals surface area (Å²) < 4.78 is 0. The highest BCUT2D eigenvalue weighted by Gasteiger charge is 2.35. The number of carbonyl (C=O) groups excluding carboxylic acids is 2. The maximum Gasteiger partial charge on any atom is 0.246 e. The Labute approximate surface area is 84.0 Å². The Kier molecular flexibility index (Phi) is 3.41. The fourth-order valence-electron chi connectivity index (χ4n) is 1.31. The van der Waals surface area contributed by atoms with Crippen LogP contribution < -0.4 is 5.32 Å². The number of likely N-dealkylation sites (tertiary alicyclic amines) is 1. The second-order valence-corrected chi connectivity index (χ2v) is 3.53. The van der Waals surface area contributed by atoms with Crippen LogP contribution in [0.4, 0.5) is 0 Å². The molecule has 4 nitrogen and oxygen atoms in total. The number of nitrogens with one attached hydrogen (secondary N) is 1. The molecule has 1 N–H and O–H groups in total. The van der Waals surface area contributed by atoms with Crippen LogP contribution >= 0.6 is 0 Å². The van der Waals surface area contributed by atoms with E-state index in [-0.39, 0.29) is 24.3 Å². The van der Waals surface area contributed by atoms with E-state index in [0.717, 1.165) is 12.0 Å². The van der Waals surface area contributed by atoms with Crippen LogP contribution in [0.1, 0.15) is 19.8 Å². The van der Waals surface area contributed by atoms with Gasteiger partial charge in [-0.25, -0.2) is 0 Å². The maximum absolute atomic E-state index is 11.4. The minimum Gasteiger partial charge on any atom is -0.302 e. The molecule has 0 saturated carbocycles. The Morgan fingerprint density at radius 2 is 2.29 bits per heavy atom. The van der Waals surface area contributed by atoms with Gasteiger partial charge in [-0.05, 0) is 6.42 Å². The zero-order chi connectivity index (χ0) is 10.7. The lowest BCUT2D eigenvalue weighted by atomic mass is 10.2. The summed E-state index contributed by atoms with van der Waals surface area (Å²) in [6.07, 6.45) is 1.16. The molecule has 0 bridgehead atoms. The van der Waals surface area contributed by atoms with Crippen molar-refractivity contribution in [1.82, 2.24) is 10.2 Å². The second-order valence-electron chi connectivity index (χ2n) is 3.53. The third-order valence-corrected chi connectivity index (χ3v) is 2.48. The Morgan fingerprint density at radius 1 is 1.64 bits per heavy atom. The van der Waals surface area contributed by atoms with E-state index in [4.69, 9.17) is 0 Å². The molecular weight excluding hydrogens is 180 g/mol. The number of imide groups is 1. The van der Waals surface area contributed by atoms with Crippen molar-refractivity contribution in [1.29, 1.82) is 0 Å². The number of hydrogen-bond donors (Lipinski definition) is 1. The summed E-state index contributed by atoms with van der Waals surface area (Å²) in [4.78, 5) is 23.8. The molecule has 78 valence electrons. The molecule has 1 aliphatic heterocycles. The number of hydrogen-bond acceptors (Lipinski definition) is 3. The van der Waals surface area contributed by atoms with Crippen LogP contribution in [0.25, 0.3) is 0 Å². The molecule has 4 heteroatoms. The van der Waals surface area contributed by atoms with Crippen LogP contribution in [0.5, 0.6) is 0 Å². The molecule has 1 aliphatic rings. The van der Waals surface area contributed by atoms with Crippen molar-refractivity contribution in [2.75, 3.05) is 13.6 Å². The van der Waals surface area contributed by atoms with E-state index in [2.05, 4.69) is 11.9 Å². The van der Waals surface area contributed by atoms with Gasteiger partial charge in [0.15, 0.2) is 0 Å². The molecular formula is C10H16N2O2. The maximum atomic E-state index is 11.4. The predicted molar refractivity (Wildman–Crippen MR) is 53.6 cm³/mol. The summed E-state index contributed by atoms with van der Waals surface area (Å²) in [5, 5.41) is 3.03. The summed E-state index contributed by atoms with van der Waals surface area (Å²) >= 11 is 0. The zero-order valence-electron chi connectivity index (χ0n) is 8.67. The first kappa shape index (κ1) is 10.9. The summed E-state index contributed by atoms with van der Waals surface area (Å²) in [7, 11) is 1.51. The van der Waals surface area contributed by atoms with E-state index < -0.39 is 0 Å². The molecule has 2 amide bonds. The third-order valence-electron chi connectivity index (χ3n) is 2.48. The molecule has 1 fully saturated rings. The van der Waals surface area contributed by atoms with Crippen molar-refractivity contribution in [3.05, 3.63) is 12.2 Å². The summed E-state index contributed by atoms with van der Waals surface area (Å²) in [6.45, 7) is 6.44. The molecule has 1 atom stereocenters. The molecule has 0 aromatic heterocycles. The molecule has 1 saturated heterocycles. The minimum atomic E-state index is -0.351. The fraction of sp³-hybridized carbons (Fsp3) is 0.600. The first-order valence-electron chi connectivity index (χ1n) is 4.76. The molecule has 0 aromatic carbocycles. The van der Waals surface area contributed by atoms with Crippen molar-refractivity contribution >= 4 is 11.8 Å². The van der Waals surface area contributed by atoms with Crippen LogP contribution in [0, 0.1) is 0 Å².